The van der Waals surface area contributed by atoms with E-state index in [4.69, 9.17) is 4.98 Å². The van der Waals surface area contributed by atoms with Gasteiger partial charge in [0.1, 0.15) is 5.01 Å². The molecule has 0 amide bonds. The summed E-state index contributed by atoms with van der Waals surface area (Å²) in [6.07, 6.45) is 8.33. The Hall–Kier alpha value is -0.0600. The molecule has 0 spiro atoms. The predicted molar refractivity (Wildman–Crippen MR) is 96.4 cm³/mol. The summed E-state index contributed by atoms with van der Waals surface area (Å²) < 4.78 is 0. The zero-order valence-corrected chi connectivity index (χ0v) is 15.4. The van der Waals surface area contributed by atoms with E-state index < -0.39 is 0 Å². The van der Waals surface area contributed by atoms with Crippen LogP contribution in [0.1, 0.15) is 80.8 Å². The first-order valence-corrected chi connectivity index (χ1v) is 10.4. The SMILES string of the molecule is CCCNCc1sc(CSC2CCCCC2)nc1C(C)C. The molecule has 0 bridgehead atoms. The summed E-state index contributed by atoms with van der Waals surface area (Å²) in [5, 5.41) is 5.75. The van der Waals surface area contributed by atoms with Crippen molar-refractivity contribution in [3.63, 3.8) is 0 Å². The number of rotatable bonds is 8. The summed E-state index contributed by atoms with van der Waals surface area (Å²) in [4.78, 5) is 6.39. The average Bonchev–Trinajstić information content (AvgIpc) is 2.90. The van der Waals surface area contributed by atoms with Gasteiger partial charge in [-0.25, -0.2) is 4.98 Å². The fourth-order valence-electron chi connectivity index (χ4n) is 2.85. The molecule has 1 fully saturated rings. The van der Waals surface area contributed by atoms with E-state index in [0.717, 1.165) is 24.1 Å². The topological polar surface area (TPSA) is 24.9 Å². The van der Waals surface area contributed by atoms with Gasteiger partial charge >= 0.3 is 0 Å². The van der Waals surface area contributed by atoms with Gasteiger partial charge in [-0.15, -0.1) is 11.3 Å². The molecule has 0 radical (unpaired) electrons. The van der Waals surface area contributed by atoms with Crippen LogP contribution in [0.25, 0.3) is 0 Å². The van der Waals surface area contributed by atoms with Gasteiger partial charge in [-0.05, 0) is 31.7 Å². The molecule has 1 saturated carbocycles. The zero-order valence-electron chi connectivity index (χ0n) is 13.8. The molecule has 2 nitrogen and oxygen atoms in total. The molecule has 1 aliphatic rings. The smallest absolute Gasteiger partial charge is 0.103 e. The molecule has 0 aliphatic heterocycles. The number of aromatic nitrogens is 1. The van der Waals surface area contributed by atoms with Crippen molar-refractivity contribution < 1.29 is 0 Å². The Bertz CT molecular complexity index is 409. The van der Waals surface area contributed by atoms with E-state index in [-0.39, 0.29) is 0 Å². The monoisotopic (exact) mass is 326 g/mol. The number of hydrogen-bond acceptors (Lipinski definition) is 4. The Kier molecular flexibility index (Phi) is 7.55. The number of nitrogens with zero attached hydrogens (tertiary/aromatic N) is 1. The van der Waals surface area contributed by atoms with Gasteiger partial charge in [0.2, 0.25) is 0 Å². The minimum absolute atomic E-state index is 0.535. The minimum atomic E-state index is 0.535. The van der Waals surface area contributed by atoms with Crippen molar-refractivity contribution in [3.8, 4) is 0 Å². The van der Waals surface area contributed by atoms with Crippen molar-refractivity contribution in [3.05, 3.63) is 15.6 Å². The molecule has 1 aromatic heterocycles. The summed E-state index contributed by atoms with van der Waals surface area (Å²) in [6.45, 7) is 8.83. The van der Waals surface area contributed by atoms with Crippen LogP contribution in [0.3, 0.4) is 0 Å². The summed E-state index contributed by atoms with van der Waals surface area (Å²) in [5.74, 6) is 1.65. The van der Waals surface area contributed by atoms with E-state index in [0.29, 0.717) is 5.92 Å². The second kappa shape index (κ2) is 9.16. The van der Waals surface area contributed by atoms with Crippen LogP contribution in [0.4, 0.5) is 0 Å². The van der Waals surface area contributed by atoms with Gasteiger partial charge in [0, 0.05) is 22.4 Å². The normalized spacial score (nSPS) is 16.8. The van der Waals surface area contributed by atoms with E-state index in [1.807, 2.05) is 11.3 Å². The summed E-state index contributed by atoms with van der Waals surface area (Å²) in [7, 11) is 0. The fraction of sp³-hybridized carbons (Fsp3) is 0.824. The second-order valence-corrected chi connectivity index (χ2v) is 8.78. The standard InChI is InChI=1S/C17H30N2S2/c1-4-10-18-11-15-17(13(2)3)19-16(21-15)12-20-14-8-6-5-7-9-14/h13-14,18H,4-12H2,1-3H3. The van der Waals surface area contributed by atoms with Crippen molar-refractivity contribution in [1.29, 1.82) is 0 Å². The molecule has 0 aromatic carbocycles. The highest BCUT2D eigenvalue weighted by atomic mass is 32.2. The van der Waals surface area contributed by atoms with Crippen LogP contribution in [0.2, 0.25) is 0 Å². The minimum Gasteiger partial charge on any atom is -0.312 e. The number of nitrogens with one attached hydrogen (secondary N) is 1. The third-order valence-corrected chi connectivity index (χ3v) is 6.66. The van der Waals surface area contributed by atoms with Crippen LogP contribution < -0.4 is 5.32 Å². The summed E-state index contributed by atoms with van der Waals surface area (Å²) >= 11 is 4.07. The van der Waals surface area contributed by atoms with E-state index in [1.54, 1.807) is 0 Å². The maximum atomic E-state index is 4.93. The average molecular weight is 327 g/mol. The van der Waals surface area contributed by atoms with Gasteiger partial charge < -0.3 is 5.32 Å². The lowest BCUT2D eigenvalue weighted by Gasteiger charge is -2.20. The Balaban J connectivity index is 1.90. The van der Waals surface area contributed by atoms with Crippen LogP contribution in [-0.4, -0.2) is 16.8 Å². The van der Waals surface area contributed by atoms with Crippen molar-refractivity contribution >= 4 is 23.1 Å². The second-order valence-electron chi connectivity index (χ2n) is 6.32. The van der Waals surface area contributed by atoms with E-state index in [1.165, 1.54) is 54.1 Å². The number of thiazole rings is 1. The molecule has 120 valence electrons. The molecule has 21 heavy (non-hydrogen) atoms. The van der Waals surface area contributed by atoms with E-state index >= 15 is 0 Å². The Morgan fingerprint density at radius 2 is 2.05 bits per heavy atom. The predicted octanol–water partition coefficient (Wildman–Crippen LogP) is 5.33. The fourth-order valence-corrected chi connectivity index (χ4v) is 5.39. The largest absolute Gasteiger partial charge is 0.312 e. The third-order valence-electron chi connectivity index (χ3n) is 4.03. The maximum absolute atomic E-state index is 4.93. The third kappa shape index (κ3) is 5.57. The molecule has 1 aromatic rings. The molecule has 4 heteroatoms. The van der Waals surface area contributed by atoms with Crippen LogP contribution in [-0.2, 0) is 12.3 Å². The first-order valence-electron chi connectivity index (χ1n) is 8.51. The molecule has 1 N–H and O–H groups in total. The Morgan fingerprint density at radius 3 is 2.71 bits per heavy atom. The molecule has 0 atom stereocenters. The van der Waals surface area contributed by atoms with E-state index in [2.05, 4.69) is 37.8 Å². The first kappa shape index (κ1) is 17.3. The van der Waals surface area contributed by atoms with Crippen LogP contribution in [0.5, 0.6) is 0 Å². The van der Waals surface area contributed by atoms with Crippen molar-refractivity contribution in [2.45, 2.75) is 82.8 Å². The highest BCUT2D eigenvalue weighted by Gasteiger charge is 2.17. The van der Waals surface area contributed by atoms with Gasteiger partial charge in [0.05, 0.1) is 5.69 Å². The Morgan fingerprint density at radius 1 is 1.29 bits per heavy atom. The molecule has 0 saturated heterocycles. The molecular weight excluding hydrogens is 296 g/mol. The quantitative estimate of drug-likeness (QED) is 0.653. The van der Waals surface area contributed by atoms with Crippen molar-refractivity contribution in [2.75, 3.05) is 6.54 Å². The lowest BCUT2D eigenvalue weighted by atomic mass is 10.0. The number of thioether (sulfide) groups is 1. The first-order chi connectivity index (χ1) is 10.2. The van der Waals surface area contributed by atoms with Crippen molar-refractivity contribution in [1.82, 2.24) is 10.3 Å². The summed E-state index contributed by atoms with van der Waals surface area (Å²) in [6, 6.07) is 0. The zero-order chi connectivity index (χ0) is 15.1. The highest BCUT2D eigenvalue weighted by molar-refractivity contribution is 7.99. The van der Waals surface area contributed by atoms with Crippen LogP contribution in [0.15, 0.2) is 0 Å². The molecule has 1 heterocycles. The number of hydrogen-bond donors (Lipinski definition) is 1. The van der Waals surface area contributed by atoms with Gasteiger partial charge in [-0.2, -0.15) is 11.8 Å². The van der Waals surface area contributed by atoms with Crippen LogP contribution >= 0.6 is 23.1 Å². The highest BCUT2D eigenvalue weighted by Crippen LogP contribution is 2.33. The molecular formula is C17H30N2S2. The van der Waals surface area contributed by atoms with Gasteiger partial charge in [-0.3, -0.25) is 0 Å². The van der Waals surface area contributed by atoms with Gasteiger partial charge in [0.25, 0.3) is 0 Å². The lowest BCUT2D eigenvalue weighted by Crippen LogP contribution is -2.14. The maximum Gasteiger partial charge on any atom is 0.103 e. The van der Waals surface area contributed by atoms with Crippen LogP contribution in [0, 0.1) is 0 Å². The Labute approximate surface area is 138 Å². The molecule has 0 unspecified atom stereocenters. The van der Waals surface area contributed by atoms with Crippen molar-refractivity contribution in [2.24, 2.45) is 0 Å². The van der Waals surface area contributed by atoms with Gasteiger partial charge in [0.15, 0.2) is 0 Å². The van der Waals surface area contributed by atoms with E-state index in [9.17, 15) is 0 Å². The molecule has 1 aliphatic carbocycles. The summed E-state index contributed by atoms with van der Waals surface area (Å²) in [5.41, 5.74) is 1.32. The van der Waals surface area contributed by atoms with Gasteiger partial charge in [-0.1, -0.05) is 40.0 Å². The molecule has 2 rings (SSSR count). The lowest BCUT2D eigenvalue weighted by molar-refractivity contribution is 0.516.